The van der Waals surface area contributed by atoms with Crippen LogP contribution in [0.2, 0.25) is 0 Å². The van der Waals surface area contributed by atoms with E-state index in [1.54, 1.807) is 6.07 Å². The number of nitrogens with zero attached hydrogens (tertiary/aromatic N) is 3. The van der Waals surface area contributed by atoms with E-state index in [0.717, 1.165) is 11.6 Å². The van der Waals surface area contributed by atoms with Gasteiger partial charge in [-0.1, -0.05) is 30.3 Å². The average Bonchev–Trinajstić information content (AvgIpc) is 2.59. The van der Waals surface area contributed by atoms with Crippen LogP contribution in [0.25, 0.3) is 10.9 Å². The standard InChI is InChI=1S/C16H12N4O4/c21-19(22)13-9-14(20(23)24)16(15-12(13)7-4-8-17-15)18-10-11-5-2-1-3-6-11/h1-9,18H,10H2. The molecule has 120 valence electrons. The van der Waals surface area contributed by atoms with E-state index in [1.165, 1.54) is 12.3 Å². The minimum Gasteiger partial charge on any atom is -0.374 e. The third kappa shape index (κ3) is 2.84. The molecule has 1 N–H and O–H groups in total. The molecule has 0 aliphatic carbocycles. The van der Waals surface area contributed by atoms with Crippen molar-refractivity contribution in [3.05, 3.63) is 80.5 Å². The lowest BCUT2D eigenvalue weighted by molar-refractivity contribution is -0.392. The van der Waals surface area contributed by atoms with Crippen molar-refractivity contribution in [1.29, 1.82) is 0 Å². The molecule has 0 saturated carbocycles. The van der Waals surface area contributed by atoms with Gasteiger partial charge in [0.2, 0.25) is 0 Å². The summed E-state index contributed by atoms with van der Waals surface area (Å²) >= 11 is 0. The molecule has 8 nitrogen and oxygen atoms in total. The molecule has 0 bridgehead atoms. The number of pyridine rings is 1. The molecule has 1 heterocycles. The van der Waals surface area contributed by atoms with E-state index in [-0.39, 0.29) is 28.0 Å². The van der Waals surface area contributed by atoms with Gasteiger partial charge in [0.25, 0.3) is 5.69 Å². The lowest BCUT2D eigenvalue weighted by Crippen LogP contribution is -2.05. The summed E-state index contributed by atoms with van der Waals surface area (Å²) in [5.74, 6) is 0. The monoisotopic (exact) mass is 324 g/mol. The van der Waals surface area contributed by atoms with Crippen molar-refractivity contribution in [2.45, 2.75) is 6.54 Å². The highest BCUT2D eigenvalue weighted by atomic mass is 16.6. The van der Waals surface area contributed by atoms with E-state index in [1.807, 2.05) is 30.3 Å². The quantitative estimate of drug-likeness (QED) is 0.566. The van der Waals surface area contributed by atoms with E-state index in [4.69, 9.17) is 0 Å². The topological polar surface area (TPSA) is 111 Å². The van der Waals surface area contributed by atoms with Crippen LogP contribution >= 0.6 is 0 Å². The SMILES string of the molecule is O=[N+]([O-])c1cc([N+](=O)[O-])c2cccnc2c1NCc1ccccc1. The first-order valence-electron chi connectivity index (χ1n) is 7.06. The van der Waals surface area contributed by atoms with Gasteiger partial charge < -0.3 is 5.32 Å². The highest BCUT2D eigenvalue weighted by molar-refractivity contribution is 6.01. The second-order valence-corrected chi connectivity index (χ2v) is 5.04. The van der Waals surface area contributed by atoms with Gasteiger partial charge in [0, 0.05) is 12.7 Å². The molecule has 0 aliphatic heterocycles. The largest absolute Gasteiger partial charge is 0.374 e. The molecule has 24 heavy (non-hydrogen) atoms. The van der Waals surface area contributed by atoms with E-state index >= 15 is 0 Å². The fourth-order valence-electron chi connectivity index (χ4n) is 2.47. The molecule has 0 amide bonds. The number of fused-ring (bicyclic) bond motifs is 1. The first kappa shape index (κ1) is 15.3. The summed E-state index contributed by atoms with van der Waals surface area (Å²) in [5.41, 5.74) is 0.590. The van der Waals surface area contributed by atoms with Crippen molar-refractivity contribution in [1.82, 2.24) is 4.98 Å². The van der Waals surface area contributed by atoms with Crippen LogP contribution in [0.15, 0.2) is 54.7 Å². The summed E-state index contributed by atoms with van der Waals surface area (Å²) in [6.45, 7) is 0.338. The van der Waals surface area contributed by atoms with Crippen molar-refractivity contribution in [2.24, 2.45) is 0 Å². The van der Waals surface area contributed by atoms with Crippen LogP contribution in [0.4, 0.5) is 17.1 Å². The van der Waals surface area contributed by atoms with Crippen LogP contribution in [0, 0.1) is 20.2 Å². The van der Waals surface area contributed by atoms with Crippen molar-refractivity contribution in [2.75, 3.05) is 5.32 Å². The van der Waals surface area contributed by atoms with Gasteiger partial charge in [-0.15, -0.1) is 0 Å². The molecule has 0 atom stereocenters. The Morgan fingerprint density at radius 1 is 0.958 bits per heavy atom. The lowest BCUT2D eigenvalue weighted by Gasteiger charge is -2.10. The number of nitro groups is 2. The molecular weight excluding hydrogens is 312 g/mol. The predicted octanol–water partition coefficient (Wildman–Crippen LogP) is 3.66. The Bertz CT molecular complexity index is 928. The second kappa shape index (κ2) is 6.29. The van der Waals surface area contributed by atoms with E-state index in [9.17, 15) is 20.2 Å². The number of benzene rings is 2. The smallest absolute Gasteiger partial charge is 0.301 e. The number of aromatic nitrogens is 1. The molecule has 3 rings (SSSR count). The van der Waals surface area contributed by atoms with Gasteiger partial charge in [-0.2, -0.15) is 0 Å². The summed E-state index contributed by atoms with van der Waals surface area (Å²) < 4.78 is 0. The molecule has 1 aromatic heterocycles. The predicted molar refractivity (Wildman–Crippen MR) is 88.8 cm³/mol. The van der Waals surface area contributed by atoms with Gasteiger partial charge in [-0.25, -0.2) is 0 Å². The Hall–Kier alpha value is -3.55. The Balaban J connectivity index is 2.14. The molecule has 8 heteroatoms. The number of hydrogen-bond acceptors (Lipinski definition) is 6. The van der Waals surface area contributed by atoms with Crippen LogP contribution < -0.4 is 5.32 Å². The summed E-state index contributed by atoms with van der Waals surface area (Å²) in [7, 11) is 0. The Kier molecular flexibility index (Phi) is 4.02. The first-order chi connectivity index (χ1) is 11.6. The van der Waals surface area contributed by atoms with Crippen LogP contribution in [0.5, 0.6) is 0 Å². The zero-order valence-corrected chi connectivity index (χ0v) is 12.4. The molecule has 3 aromatic rings. The molecule has 2 aromatic carbocycles. The molecule has 0 saturated heterocycles. The van der Waals surface area contributed by atoms with Crippen LogP contribution in [0.3, 0.4) is 0 Å². The zero-order valence-electron chi connectivity index (χ0n) is 12.4. The highest BCUT2D eigenvalue weighted by Gasteiger charge is 2.26. The van der Waals surface area contributed by atoms with Crippen molar-refractivity contribution >= 4 is 28.0 Å². The van der Waals surface area contributed by atoms with Crippen molar-refractivity contribution < 1.29 is 9.85 Å². The van der Waals surface area contributed by atoms with Gasteiger partial charge >= 0.3 is 5.69 Å². The lowest BCUT2D eigenvalue weighted by atomic mass is 10.1. The molecular formula is C16H12N4O4. The number of hydrogen-bond donors (Lipinski definition) is 1. The fraction of sp³-hybridized carbons (Fsp3) is 0.0625. The Morgan fingerprint density at radius 3 is 2.33 bits per heavy atom. The fourth-order valence-corrected chi connectivity index (χ4v) is 2.47. The van der Waals surface area contributed by atoms with Crippen molar-refractivity contribution in [3.8, 4) is 0 Å². The van der Waals surface area contributed by atoms with Crippen LogP contribution in [-0.2, 0) is 6.54 Å². The van der Waals surface area contributed by atoms with Gasteiger partial charge in [-0.3, -0.25) is 25.2 Å². The summed E-state index contributed by atoms with van der Waals surface area (Å²) in [6.07, 6.45) is 1.45. The van der Waals surface area contributed by atoms with Crippen LogP contribution in [0.1, 0.15) is 5.56 Å². The third-order valence-electron chi connectivity index (χ3n) is 3.56. The maximum atomic E-state index is 11.4. The van der Waals surface area contributed by atoms with Gasteiger partial charge in [0.1, 0.15) is 11.2 Å². The Morgan fingerprint density at radius 2 is 1.67 bits per heavy atom. The number of rotatable bonds is 5. The maximum Gasteiger partial charge on any atom is 0.301 e. The third-order valence-corrected chi connectivity index (χ3v) is 3.56. The molecule has 0 unspecified atom stereocenters. The van der Waals surface area contributed by atoms with Crippen molar-refractivity contribution in [3.63, 3.8) is 0 Å². The molecule has 0 aliphatic rings. The number of nitro benzene ring substituents is 2. The number of nitrogens with one attached hydrogen (secondary N) is 1. The number of non-ortho nitro benzene ring substituents is 1. The summed E-state index contributed by atoms with van der Waals surface area (Å²) in [5, 5.41) is 25.8. The van der Waals surface area contributed by atoms with Crippen LogP contribution in [-0.4, -0.2) is 14.8 Å². The number of anilines is 1. The summed E-state index contributed by atoms with van der Waals surface area (Å²) in [6, 6.07) is 13.4. The van der Waals surface area contributed by atoms with E-state index in [0.29, 0.717) is 6.54 Å². The van der Waals surface area contributed by atoms with E-state index < -0.39 is 9.85 Å². The van der Waals surface area contributed by atoms with E-state index in [2.05, 4.69) is 10.3 Å². The minimum absolute atomic E-state index is 0.171. The van der Waals surface area contributed by atoms with Gasteiger partial charge in [-0.05, 0) is 17.7 Å². The maximum absolute atomic E-state index is 11.4. The molecule has 0 fully saturated rings. The first-order valence-corrected chi connectivity index (χ1v) is 7.06. The van der Waals surface area contributed by atoms with Gasteiger partial charge in [0.05, 0.1) is 21.3 Å². The van der Waals surface area contributed by atoms with Gasteiger partial charge in [0.15, 0.2) is 0 Å². The molecule has 0 radical (unpaired) electrons. The highest BCUT2D eigenvalue weighted by Crippen LogP contribution is 2.38. The Labute approximate surface area is 136 Å². The summed E-state index contributed by atoms with van der Waals surface area (Å²) in [4.78, 5) is 25.4. The molecule has 0 spiro atoms. The second-order valence-electron chi connectivity index (χ2n) is 5.04. The normalized spacial score (nSPS) is 10.5. The minimum atomic E-state index is -0.644. The zero-order chi connectivity index (χ0) is 17.1. The average molecular weight is 324 g/mol.